The van der Waals surface area contributed by atoms with Crippen molar-refractivity contribution in [2.75, 3.05) is 14.2 Å². The SMILES string of the molecule is CNSc1ccc(OC2CCC(OC)CC2)c([N+](=O)[O-])c1. The molecule has 0 amide bonds. The van der Waals surface area contributed by atoms with E-state index in [1.165, 1.54) is 18.0 Å². The average molecular weight is 312 g/mol. The maximum atomic E-state index is 11.2. The van der Waals surface area contributed by atoms with E-state index in [1.807, 2.05) is 6.07 Å². The average Bonchev–Trinajstić information content (AvgIpc) is 2.49. The van der Waals surface area contributed by atoms with Crippen LogP contribution in [-0.2, 0) is 4.74 Å². The number of nitrogens with zero attached hydrogens (tertiary/aromatic N) is 1. The molecule has 116 valence electrons. The summed E-state index contributed by atoms with van der Waals surface area (Å²) in [6.07, 6.45) is 3.91. The Kier molecular flexibility index (Phi) is 5.84. The molecule has 0 aromatic heterocycles. The van der Waals surface area contributed by atoms with Crippen molar-refractivity contribution in [2.45, 2.75) is 42.8 Å². The molecule has 1 saturated carbocycles. The van der Waals surface area contributed by atoms with Crippen molar-refractivity contribution in [3.8, 4) is 5.75 Å². The van der Waals surface area contributed by atoms with E-state index in [4.69, 9.17) is 9.47 Å². The van der Waals surface area contributed by atoms with E-state index in [2.05, 4.69) is 4.72 Å². The van der Waals surface area contributed by atoms with Gasteiger partial charge in [0.15, 0.2) is 5.75 Å². The van der Waals surface area contributed by atoms with Gasteiger partial charge in [-0.15, -0.1) is 0 Å². The van der Waals surface area contributed by atoms with Gasteiger partial charge in [0.05, 0.1) is 17.1 Å². The van der Waals surface area contributed by atoms with Gasteiger partial charge in [-0.1, -0.05) is 0 Å². The molecule has 0 bridgehead atoms. The Morgan fingerprint density at radius 1 is 1.29 bits per heavy atom. The van der Waals surface area contributed by atoms with Gasteiger partial charge in [0.25, 0.3) is 0 Å². The van der Waals surface area contributed by atoms with Gasteiger partial charge in [-0.05, 0) is 56.8 Å². The molecule has 0 unspecified atom stereocenters. The maximum Gasteiger partial charge on any atom is 0.312 e. The number of nitro benzene ring substituents is 1. The second kappa shape index (κ2) is 7.63. The second-order valence-corrected chi connectivity index (χ2v) is 6.03. The summed E-state index contributed by atoms with van der Waals surface area (Å²) in [6, 6.07) is 5.04. The van der Waals surface area contributed by atoms with E-state index in [1.54, 1.807) is 20.2 Å². The highest BCUT2D eigenvalue weighted by molar-refractivity contribution is 7.97. The van der Waals surface area contributed by atoms with E-state index in [0.29, 0.717) is 5.75 Å². The molecular formula is C14H20N2O4S. The molecule has 0 spiro atoms. The minimum Gasteiger partial charge on any atom is -0.483 e. The molecule has 0 aliphatic heterocycles. The quantitative estimate of drug-likeness (QED) is 0.494. The number of nitro groups is 1. The Morgan fingerprint density at radius 2 is 1.95 bits per heavy atom. The van der Waals surface area contributed by atoms with E-state index in [9.17, 15) is 10.1 Å². The highest BCUT2D eigenvalue weighted by Crippen LogP contribution is 2.34. The summed E-state index contributed by atoms with van der Waals surface area (Å²) in [5.41, 5.74) is 0.0177. The predicted octanol–water partition coefficient (Wildman–Crippen LogP) is 3.16. The normalized spacial score (nSPS) is 22.0. The Morgan fingerprint density at radius 3 is 2.52 bits per heavy atom. The molecule has 21 heavy (non-hydrogen) atoms. The van der Waals surface area contributed by atoms with Gasteiger partial charge in [0, 0.05) is 18.1 Å². The van der Waals surface area contributed by atoms with E-state index < -0.39 is 4.92 Å². The third-order valence-electron chi connectivity index (χ3n) is 3.60. The molecule has 1 fully saturated rings. The molecule has 0 atom stereocenters. The number of nitrogens with one attached hydrogen (secondary N) is 1. The zero-order valence-electron chi connectivity index (χ0n) is 12.2. The minimum atomic E-state index is -0.393. The summed E-state index contributed by atoms with van der Waals surface area (Å²) in [6.45, 7) is 0. The fraction of sp³-hybridized carbons (Fsp3) is 0.571. The smallest absolute Gasteiger partial charge is 0.312 e. The van der Waals surface area contributed by atoms with Gasteiger partial charge in [0.1, 0.15) is 0 Å². The van der Waals surface area contributed by atoms with Crippen LogP contribution in [-0.4, -0.2) is 31.3 Å². The second-order valence-electron chi connectivity index (χ2n) is 4.95. The first-order valence-corrected chi connectivity index (χ1v) is 7.77. The van der Waals surface area contributed by atoms with Crippen molar-refractivity contribution in [1.82, 2.24) is 4.72 Å². The zero-order chi connectivity index (χ0) is 15.2. The first-order valence-electron chi connectivity index (χ1n) is 6.95. The summed E-state index contributed by atoms with van der Waals surface area (Å²) in [7, 11) is 3.49. The largest absolute Gasteiger partial charge is 0.483 e. The van der Waals surface area contributed by atoms with E-state index in [0.717, 1.165) is 30.6 Å². The summed E-state index contributed by atoms with van der Waals surface area (Å²) in [4.78, 5) is 11.6. The lowest BCUT2D eigenvalue weighted by Gasteiger charge is -2.27. The van der Waals surface area contributed by atoms with Gasteiger partial charge in [0.2, 0.25) is 0 Å². The van der Waals surface area contributed by atoms with E-state index in [-0.39, 0.29) is 17.9 Å². The molecule has 1 aliphatic carbocycles. The predicted molar refractivity (Wildman–Crippen MR) is 81.7 cm³/mol. The molecule has 0 saturated heterocycles. The standard InChI is InChI=1S/C14H20N2O4S/c1-15-21-12-7-8-14(13(9-12)16(17)18)20-11-5-3-10(19-2)4-6-11/h7-11,15H,3-6H2,1-2H3. The van der Waals surface area contributed by atoms with Gasteiger partial charge >= 0.3 is 5.69 Å². The van der Waals surface area contributed by atoms with Crippen LogP contribution in [0.4, 0.5) is 5.69 Å². The fourth-order valence-corrected chi connectivity index (χ4v) is 3.03. The van der Waals surface area contributed by atoms with Crippen LogP contribution in [0.1, 0.15) is 25.7 Å². The topological polar surface area (TPSA) is 73.6 Å². The first kappa shape index (κ1) is 16.1. The van der Waals surface area contributed by atoms with Crippen LogP contribution in [0.5, 0.6) is 5.75 Å². The number of rotatable bonds is 6. The third-order valence-corrected chi connectivity index (χ3v) is 4.29. The zero-order valence-corrected chi connectivity index (χ0v) is 13.0. The summed E-state index contributed by atoms with van der Waals surface area (Å²) in [5, 5.41) is 11.2. The maximum absolute atomic E-state index is 11.2. The van der Waals surface area contributed by atoms with Gasteiger partial charge in [-0.2, -0.15) is 0 Å². The van der Waals surface area contributed by atoms with Crippen molar-refractivity contribution < 1.29 is 14.4 Å². The Hall–Kier alpha value is -1.31. The Bertz CT molecular complexity index is 490. The molecule has 2 rings (SSSR count). The van der Waals surface area contributed by atoms with Crippen molar-refractivity contribution in [1.29, 1.82) is 0 Å². The number of hydrogen-bond donors (Lipinski definition) is 1. The molecule has 1 aliphatic rings. The monoisotopic (exact) mass is 312 g/mol. The lowest BCUT2D eigenvalue weighted by atomic mass is 9.95. The molecular weight excluding hydrogens is 292 g/mol. The van der Waals surface area contributed by atoms with Crippen molar-refractivity contribution in [3.05, 3.63) is 28.3 Å². The number of ether oxygens (including phenoxy) is 2. The molecule has 1 aromatic rings. The van der Waals surface area contributed by atoms with Crippen LogP contribution in [0.15, 0.2) is 23.1 Å². The number of methoxy groups -OCH3 is 1. The highest BCUT2D eigenvalue weighted by atomic mass is 32.2. The van der Waals surface area contributed by atoms with Crippen LogP contribution in [0.3, 0.4) is 0 Å². The molecule has 7 heteroatoms. The first-order chi connectivity index (χ1) is 10.1. The summed E-state index contributed by atoms with van der Waals surface area (Å²) >= 11 is 1.34. The van der Waals surface area contributed by atoms with Crippen LogP contribution in [0.2, 0.25) is 0 Å². The molecule has 1 aromatic carbocycles. The van der Waals surface area contributed by atoms with Crippen molar-refractivity contribution in [2.24, 2.45) is 0 Å². The Balaban J connectivity index is 2.07. The van der Waals surface area contributed by atoms with Crippen LogP contribution in [0.25, 0.3) is 0 Å². The molecule has 1 N–H and O–H groups in total. The van der Waals surface area contributed by atoms with Crippen LogP contribution < -0.4 is 9.46 Å². The number of benzene rings is 1. The van der Waals surface area contributed by atoms with Crippen molar-refractivity contribution in [3.63, 3.8) is 0 Å². The fourth-order valence-electron chi connectivity index (χ4n) is 2.49. The highest BCUT2D eigenvalue weighted by Gasteiger charge is 2.25. The van der Waals surface area contributed by atoms with Crippen LogP contribution in [0, 0.1) is 10.1 Å². The van der Waals surface area contributed by atoms with Crippen LogP contribution >= 0.6 is 11.9 Å². The van der Waals surface area contributed by atoms with E-state index >= 15 is 0 Å². The molecule has 6 nitrogen and oxygen atoms in total. The third kappa shape index (κ3) is 4.33. The summed E-state index contributed by atoms with van der Waals surface area (Å²) in [5.74, 6) is 0.348. The van der Waals surface area contributed by atoms with Gasteiger partial charge in [-0.3, -0.25) is 14.8 Å². The minimum absolute atomic E-state index is 0.0177. The summed E-state index contributed by atoms with van der Waals surface area (Å²) < 4.78 is 14.1. The lowest BCUT2D eigenvalue weighted by molar-refractivity contribution is -0.386. The number of hydrogen-bond acceptors (Lipinski definition) is 6. The Labute approximate surface area is 128 Å². The van der Waals surface area contributed by atoms with Crippen molar-refractivity contribution >= 4 is 17.6 Å². The molecule has 0 radical (unpaired) electrons. The lowest BCUT2D eigenvalue weighted by Crippen LogP contribution is -2.27. The molecule has 0 heterocycles. The van der Waals surface area contributed by atoms with Gasteiger partial charge < -0.3 is 9.47 Å². The van der Waals surface area contributed by atoms with Gasteiger partial charge in [-0.25, -0.2) is 0 Å².